The number of hydrogen-bond donors (Lipinski definition) is 3. The number of carbonyl (C=O) groups excluding carboxylic acids is 2. The number of anilines is 2. The molecule has 3 N–H and O–H groups in total. The number of amides is 2. The molecule has 0 aromatic heterocycles. The van der Waals surface area contributed by atoms with E-state index in [0.29, 0.717) is 11.3 Å². The standard InChI is InChI=1S/C21H24BrN3O2/c22-18-11-4-5-12-19(18)23-14-20(26)24-17-10-6-7-15(13-17)21(27)25-16-8-2-1-3-9-16/h4-7,10-13,16,23H,1-3,8-9,14H2,(H,24,26)(H,25,27). The zero-order chi connectivity index (χ0) is 19.1. The van der Waals surface area contributed by atoms with Crippen molar-refractivity contribution < 1.29 is 9.59 Å². The molecule has 2 aromatic carbocycles. The SMILES string of the molecule is O=C(CNc1ccccc1Br)Nc1cccc(C(=O)NC2CCCCC2)c1. The van der Waals surface area contributed by atoms with Gasteiger partial charge in [-0.2, -0.15) is 0 Å². The third kappa shape index (κ3) is 5.82. The average molecular weight is 430 g/mol. The number of nitrogens with one attached hydrogen (secondary N) is 3. The fraction of sp³-hybridized carbons (Fsp3) is 0.333. The molecule has 0 aliphatic heterocycles. The molecule has 6 heteroatoms. The van der Waals surface area contributed by atoms with Gasteiger partial charge in [-0.3, -0.25) is 9.59 Å². The first-order chi connectivity index (χ1) is 13.1. The molecule has 1 aliphatic rings. The summed E-state index contributed by atoms with van der Waals surface area (Å²) in [4.78, 5) is 24.7. The Bertz CT molecular complexity index is 804. The van der Waals surface area contributed by atoms with E-state index in [0.717, 1.165) is 23.0 Å². The molecule has 27 heavy (non-hydrogen) atoms. The quantitative estimate of drug-likeness (QED) is 0.629. The van der Waals surface area contributed by atoms with Gasteiger partial charge in [0, 0.05) is 27.5 Å². The highest BCUT2D eigenvalue weighted by molar-refractivity contribution is 9.10. The first-order valence-electron chi connectivity index (χ1n) is 9.31. The van der Waals surface area contributed by atoms with Crippen molar-refractivity contribution in [3.8, 4) is 0 Å². The van der Waals surface area contributed by atoms with Crippen LogP contribution in [0.15, 0.2) is 53.0 Å². The van der Waals surface area contributed by atoms with Gasteiger partial charge in [-0.25, -0.2) is 0 Å². The van der Waals surface area contributed by atoms with Crippen molar-refractivity contribution in [3.05, 3.63) is 58.6 Å². The summed E-state index contributed by atoms with van der Waals surface area (Å²) in [6, 6.07) is 14.9. The molecule has 0 saturated heterocycles. The summed E-state index contributed by atoms with van der Waals surface area (Å²) in [5, 5.41) is 9.02. The second kappa shape index (κ2) is 9.55. The van der Waals surface area contributed by atoms with Crippen LogP contribution in [0.1, 0.15) is 42.5 Å². The van der Waals surface area contributed by atoms with E-state index in [4.69, 9.17) is 0 Å². The van der Waals surface area contributed by atoms with E-state index >= 15 is 0 Å². The highest BCUT2D eigenvalue weighted by Gasteiger charge is 2.17. The maximum absolute atomic E-state index is 12.5. The summed E-state index contributed by atoms with van der Waals surface area (Å²) in [6.07, 6.45) is 5.68. The third-order valence-electron chi connectivity index (χ3n) is 4.66. The van der Waals surface area contributed by atoms with Crippen molar-refractivity contribution in [2.75, 3.05) is 17.2 Å². The lowest BCUT2D eigenvalue weighted by molar-refractivity contribution is -0.114. The minimum Gasteiger partial charge on any atom is -0.375 e. The predicted molar refractivity (Wildman–Crippen MR) is 112 cm³/mol. The average Bonchev–Trinajstić information content (AvgIpc) is 2.68. The molecule has 1 saturated carbocycles. The Morgan fingerprint density at radius 3 is 2.56 bits per heavy atom. The van der Waals surface area contributed by atoms with Gasteiger partial charge >= 0.3 is 0 Å². The van der Waals surface area contributed by atoms with Gasteiger partial charge in [0.15, 0.2) is 0 Å². The Morgan fingerprint density at radius 2 is 1.78 bits per heavy atom. The number of carbonyl (C=O) groups is 2. The Morgan fingerprint density at radius 1 is 1.00 bits per heavy atom. The van der Waals surface area contributed by atoms with Gasteiger partial charge in [0.1, 0.15) is 0 Å². The Balaban J connectivity index is 1.54. The van der Waals surface area contributed by atoms with E-state index in [1.54, 1.807) is 24.3 Å². The van der Waals surface area contributed by atoms with Crippen LogP contribution in [0.4, 0.5) is 11.4 Å². The van der Waals surface area contributed by atoms with Gasteiger partial charge in [0.25, 0.3) is 5.91 Å². The zero-order valence-electron chi connectivity index (χ0n) is 15.1. The van der Waals surface area contributed by atoms with Gasteiger partial charge in [-0.1, -0.05) is 37.5 Å². The summed E-state index contributed by atoms with van der Waals surface area (Å²) in [7, 11) is 0. The molecule has 3 rings (SSSR count). The number of benzene rings is 2. The summed E-state index contributed by atoms with van der Waals surface area (Å²) < 4.78 is 0.902. The number of hydrogen-bond acceptors (Lipinski definition) is 3. The molecular weight excluding hydrogens is 406 g/mol. The zero-order valence-corrected chi connectivity index (χ0v) is 16.7. The van der Waals surface area contributed by atoms with Crippen molar-refractivity contribution >= 4 is 39.1 Å². The molecule has 0 spiro atoms. The lowest BCUT2D eigenvalue weighted by Crippen LogP contribution is -2.36. The predicted octanol–water partition coefficient (Wildman–Crippen LogP) is 4.56. The van der Waals surface area contributed by atoms with Crippen LogP contribution in [0.3, 0.4) is 0 Å². The summed E-state index contributed by atoms with van der Waals surface area (Å²) in [5.74, 6) is -0.250. The molecule has 0 heterocycles. The summed E-state index contributed by atoms with van der Waals surface area (Å²) in [5.41, 5.74) is 2.04. The largest absolute Gasteiger partial charge is 0.375 e. The van der Waals surface area contributed by atoms with E-state index < -0.39 is 0 Å². The topological polar surface area (TPSA) is 70.2 Å². The maximum atomic E-state index is 12.5. The summed E-state index contributed by atoms with van der Waals surface area (Å²) >= 11 is 3.44. The van der Waals surface area contributed by atoms with Crippen molar-refractivity contribution in [1.29, 1.82) is 0 Å². The normalized spacial score (nSPS) is 14.4. The van der Waals surface area contributed by atoms with Gasteiger partial charge in [-0.15, -0.1) is 0 Å². The van der Waals surface area contributed by atoms with Crippen LogP contribution >= 0.6 is 15.9 Å². The van der Waals surface area contributed by atoms with Crippen LogP contribution in [-0.4, -0.2) is 24.4 Å². The van der Waals surface area contributed by atoms with E-state index in [1.165, 1.54) is 19.3 Å². The van der Waals surface area contributed by atoms with Crippen LogP contribution < -0.4 is 16.0 Å². The van der Waals surface area contributed by atoms with Gasteiger partial charge in [0.05, 0.1) is 6.54 Å². The fourth-order valence-electron chi connectivity index (χ4n) is 3.24. The molecule has 2 aromatic rings. The van der Waals surface area contributed by atoms with Gasteiger partial charge in [0.2, 0.25) is 5.91 Å². The summed E-state index contributed by atoms with van der Waals surface area (Å²) in [6.45, 7) is 0.140. The fourth-order valence-corrected chi connectivity index (χ4v) is 3.66. The third-order valence-corrected chi connectivity index (χ3v) is 5.35. The molecule has 5 nitrogen and oxygen atoms in total. The van der Waals surface area contributed by atoms with E-state index in [-0.39, 0.29) is 24.4 Å². The second-order valence-corrected chi connectivity index (χ2v) is 7.63. The molecule has 0 atom stereocenters. The van der Waals surface area contributed by atoms with Crippen LogP contribution in [0.25, 0.3) is 0 Å². The minimum atomic E-state index is -0.171. The van der Waals surface area contributed by atoms with Crippen molar-refractivity contribution in [2.24, 2.45) is 0 Å². The molecule has 1 aliphatic carbocycles. The molecule has 142 valence electrons. The Hall–Kier alpha value is -2.34. The highest BCUT2D eigenvalue weighted by Crippen LogP contribution is 2.21. The van der Waals surface area contributed by atoms with Crippen LogP contribution in [0, 0.1) is 0 Å². The number of para-hydroxylation sites is 1. The highest BCUT2D eigenvalue weighted by atomic mass is 79.9. The molecular formula is C21H24BrN3O2. The Kier molecular flexibility index (Phi) is 6.87. The van der Waals surface area contributed by atoms with Gasteiger partial charge in [-0.05, 0) is 59.1 Å². The maximum Gasteiger partial charge on any atom is 0.251 e. The molecule has 0 radical (unpaired) electrons. The number of halogens is 1. The Labute approximate surface area is 168 Å². The first-order valence-corrected chi connectivity index (χ1v) is 10.1. The van der Waals surface area contributed by atoms with Crippen LogP contribution in [0.5, 0.6) is 0 Å². The minimum absolute atomic E-state index is 0.0793. The molecule has 2 amide bonds. The smallest absolute Gasteiger partial charge is 0.251 e. The lowest BCUT2D eigenvalue weighted by Gasteiger charge is -2.22. The van der Waals surface area contributed by atoms with Crippen LogP contribution in [0.2, 0.25) is 0 Å². The van der Waals surface area contributed by atoms with Crippen molar-refractivity contribution in [2.45, 2.75) is 38.1 Å². The molecule has 0 unspecified atom stereocenters. The lowest BCUT2D eigenvalue weighted by atomic mass is 9.95. The van der Waals surface area contributed by atoms with Crippen molar-refractivity contribution in [1.82, 2.24) is 5.32 Å². The van der Waals surface area contributed by atoms with E-state index in [2.05, 4.69) is 31.9 Å². The van der Waals surface area contributed by atoms with Crippen molar-refractivity contribution in [3.63, 3.8) is 0 Å². The number of rotatable bonds is 6. The van der Waals surface area contributed by atoms with Crippen LogP contribution in [-0.2, 0) is 4.79 Å². The van der Waals surface area contributed by atoms with E-state index in [1.807, 2.05) is 24.3 Å². The monoisotopic (exact) mass is 429 g/mol. The van der Waals surface area contributed by atoms with Gasteiger partial charge < -0.3 is 16.0 Å². The molecule has 1 fully saturated rings. The second-order valence-electron chi connectivity index (χ2n) is 6.77. The first kappa shape index (κ1) is 19.4. The molecule has 0 bridgehead atoms. The van der Waals surface area contributed by atoms with E-state index in [9.17, 15) is 9.59 Å².